The predicted octanol–water partition coefficient (Wildman–Crippen LogP) is 7.12. The Balaban J connectivity index is 1.98. The molecular formula is C22H41NO2. The number of unbranched alkanes of at least 4 members (excludes halogenated alkanes) is 12. The van der Waals surface area contributed by atoms with Crippen LogP contribution in [-0.2, 0) is 5.41 Å². The summed E-state index contributed by atoms with van der Waals surface area (Å²) < 4.78 is 4.92. The van der Waals surface area contributed by atoms with Gasteiger partial charge in [0.05, 0.1) is 5.69 Å². The Kier molecular flexibility index (Phi) is 11.7. The zero-order valence-corrected chi connectivity index (χ0v) is 17.0. The first-order valence-corrected chi connectivity index (χ1v) is 10.8. The maximum absolute atomic E-state index is 11.2. The summed E-state index contributed by atoms with van der Waals surface area (Å²) in [5.74, 6) is -0.333. The highest BCUT2D eigenvalue weighted by molar-refractivity contribution is 5.09. The van der Waals surface area contributed by atoms with E-state index in [0.29, 0.717) is 0 Å². The van der Waals surface area contributed by atoms with Crippen molar-refractivity contribution >= 4 is 0 Å². The molecule has 1 atom stereocenters. The lowest BCUT2D eigenvalue weighted by Crippen LogP contribution is -2.22. The largest absolute Gasteiger partial charge is 0.416 e. The van der Waals surface area contributed by atoms with Gasteiger partial charge in [-0.25, -0.2) is 4.79 Å². The minimum atomic E-state index is -0.333. The highest BCUT2D eigenvalue weighted by Crippen LogP contribution is 2.31. The third-order valence-electron chi connectivity index (χ3n) is 5.78. The summed E-state index contributed by atoms with van der Waals surface area (Å²) >= 11 is 0. The lowest BCUT2D eigenvalue weighted by atomic mass is 9.79. The second-order valence-corrected chi connectivity index (χ2v) is 7.97. The van der Waals surface area contributed by atoms with Gasteiger partial charge in [0, 0.05) is 5.41 Å². The molecule has 0 saturated carbocycles. The van der Waals surface area contributed by atoms with Crippen molar-refractivity contribution < 1.29 is 4.42 Å². The molecule has 0 aliphatic carbocycles. The van der Waals surface area contributed by atoms with Crippen LogP contribution in [0.2, 0.25) is 0 Å². The number of H-pyrrole nitrogens is 1. The number of hydrogen-bond acceptors (Lipinski definition) is 2. The fourth-order valence-electron chi connectivity index (χ4n) is 3.61. The van der Waals surface area contributed by atoms with Crippen LogP contribution in [0.3, 0.4) is 0 Å². The summed E-state index contributed by atoms with van der Waals surface area (Å²) in [5.41, 5.74) is 1.00. The second kappa shape index (κ2) is 13.2. The molecule has 0 amide bonds. The van der Waals surface area contributed by atoms with Crippen molar-refractivity contribution in [1.82, 2.24) is 4.98 Å². The molecule has 1 aromatic heterocycles. The van der Waals surface area contributed by atoms with Gasteiger partial charge in [0.15, 0.2) is 0 Å². The van der Waals surface area contributed by atoms with Crippen LogP contribution in [0, 0.1) is 0 Å². The van der Waals surface area contributed by atoms with Crippen molar-refractivity contribution in [2.24, 2.45) is 0 Å². The van der Waals surface area contributed by atoms with Gasteiger partial charge in [-0.15, -0.1) is 0 Å². The summed E-state index contributed by atoms with van der Waals surface area (Å²) in [6, 6.07) is 0. The van der Waals surface area contributed by atoms with E-state index in [-0.39, 0.29) is 11.2 Å². The Morgan fingerprint density at radius 1 is 0.840 bits per heavy atom. The number of rotatable bonds is 16. The fourth-order valence-corrected chi connectivity index (χ4v) is 3.61. The zero-order valence-electron chi connectivity index (χ0n) is 17.0. The fraction of sp³-hybridized carbons (Fsp3) is 0.864. The predicted molar refractivity (Wildman–Crippen MR) is 107 cm³/mol. The van der Waals surface area contributed by atoms with Crippen LogP contribution in [-0.4, -0.2) is 4.98 Å². The molecule has 146 valence electrons. The highest BCUT2D eigenvalue weighted by Gasteiger charge is 2.26. The van der Waals surface area contributed by atoms with E-state index in [1.54, 1.807) is 6.26 Å². The number of hydrogen-bond donors (Lipinski definition) is 1. The van der Waals surface area contributed by atoms with Crippen LogP contribution >= 0.6 is 0 Å². The van der Waals surface area contributed by atoms with Crippen molar-refractivity contribution in [3.8, 4) is 0 Å². The Morgan fingerprint density at radius 2 is 1.32 bits per heavy atom. The van der Waals surface area contributed by atoms with Gasteiger partial charge in [-0.05, 0) is 12.8 Å². The molecule has 0 spiro atoms. The second-order valence-electron chi connectivity index (χ2n) is 7.97. The summed E-state index contributed by atoms with van der Waals surface area (Å²) in [4.78, 5) is 14.1. The molecule has 0 radical (unpaired) electrons. The van der Waals surface area contributed by atoms with Crippen molar-refractivity contribution in [2.75, 3.05) is 0 Å². The Labute approximate surface area is 155 Å². The maximum atomic E-state index is 11.2. The van der Waals surface area contributed by atoms with Crippen LogP contribution < -0.4 is 5.76 Å². The van der Waals surface area contributed by atoms with Crippen molar-refractivity contribution in [3.05, 3.63) is 22.5 Å². The van der Waals surface area contributed by atoms with E-state index in [9.17, 15) is 4.79 Å². The maximum Gasteiger partial charge on any atom is 0.416 e. The molecule has 25 heavy (non-hydrogen) atoms. The van der Waals surface area contributed by atoms with E-state index in [0.717, 1.165) is 18.5 Å². The normalized spacial score (nSPS) is 13.9. The Morgan fingerprint density at radius 3 is 1.72 bits per heavy atom. The molecule has 1 N–H and O–H groups in total. The molecule has 0 aromatic carbocycles. The molecule has 0 fully saturated rings. The van der Waals surface area contributed by atoms with E-state index in [2.05, 4.69) is 25.8 Å². The molecule has 1 unspecified atom stereocenters. The van der Waals surface area contributed by atoms with Gasteiger partial charge in [-0.2, -0.15) is 0 Å². The van der Waals surface area contributed by atoms with E-state index >= 15 is 0 Å². The van der Waals surface area contributed by atoms with Crippen LogP contribution in [0.5, 0.6) is 0 Å². The van der Waals surface area contributed by atoms with Crippen LogP contribution in [0.4, 0.5) is 0 Å². The Bertz CT molecular complexity index is 476. The first-order chi connectivity index (χ1) is 12.1. The zero-order chi connectivity index (χ0) is 18.4. The minimum Gasteiger partial charge on any atom is -0.416 e. The first kappa shape index (κ1) is 22.1. The Hall–Kier alpha value is -0.990. The van der Waals surface area contributed by atoms with E-state index in [4.69, 9.17) is 4.42 Å². The van der Waals surface area contributed by atoms with E-state index in [1.807, 2.05) is 0 Å². The van der Waals surface area contributed by atoms with Crippen LogP contribution in [0.15, 0.2) is 15.5 Å². The molecule has 3 heteroatoms. The van der Waals surface area contributed by atoms with Gasteiger partial charge < -0.3 is 4.42 Å². The monoisotopic (exact) mass is 351 g/mol. The standard InChI is InChI=1S/C22H41NO2/c1-4-6-7-8-9-10-11-12-13-14-15-16-17-18-22(3,5-2)20-19-25-21(24)23-20/h19H,4-18H2,1-3H3,(H,23,24). The van der Waals surface area contributed by atoms with E-state index < -0.39 is 0 Å². The van der Waals surface area contributed by atoms with Crippen molar-refractivity contribution in [3.63, 3.8) is 0 Å². The first-order valence-electron chi connectivity index (χ1n) is 10.8. The third-order valence-corrected chi connectivity index (χ3v) is 5.78. The molecule has 3 nitrogen and oxygen atoms in total. The smallest absolute Gasteiger partial charge is 0.416 e. The number of oxazole rings is 1. The van der Waals surface area contributed by atoms with Crippen molar-refractivity contribution in [2.45, 2.75) is 122 Å². The summed E-state index contributed by atoms with van der Waals surface area (Å²) in [7, 11) is 0. The quantitative estimate of drug-likeness (QED) is 0.322. The molecule has 0 bridgehead atoms. The summed E-state index contributed by atoms with van der Waals surface area (Å²) in [6.45, 7) is 6.70. The van der Waals surface area contributed by atoms with E-state index in [1.165, 1.54) is 83.5 Å². The number of aromatic nitrogens is 1. The molecule has 1 aromatic rings. The lowest BCUT2D eigenvalue weighted by Gasteiger charge is -2.26. The molecule has 0 saturated heterocycles. The average molecular weight is 352 g/mol. The molecular weight excluding hydrogens is 310 g/mol. The molecule has 0 aliphatic heterocycles. The summed E-state index contributed by atoms with van der Waals surface area (Å²) in [5, 5.41) is 0. The van der Waals surface area contributed by atoms with Gasteiger partial charge in [0.2, 0.25) is 0 Å². The van der Waals surface area contributed by atoms with Gasteiger partial charge in [0.1, 0.15) is 6.26 Å². The highest BCUT2D eigenvalue weighted by atomic mass is 16.4. The van der Waals surface area contributed by atoms with Crippen LogP contribution in [0.25, 0.3) is 0 Å². The van der Waals surface area contributed by atoms with Gasteiger partial charge in [-0.1, -0.05) is 104 Å². The third kappa shape index (κ3) is 9.32. The molecule has 1 rings (SSSR count). The summed E-state index contributed by atoms with van der Waals surface area (Å²) in [6.07, 6.45) is 21.7. The average Bonchev–Trinajstić information content (AvgIpc) is 3.06. The molecule has 1 heterocycles. The molecule has 0 aliphatic rings. The van der Waals surface area contributed by atoms with Gasteiger partial charge in [0.25, 0.3) is 0 Å². The number of nitrogens with one attached hydrogen (secondary N) is 1. The SMILES string of the molecule is CCCCCCCCCCCCCCCC(C)(CC)c1coc(=O)[nH]1. The van der Waals surface area contributed by atoms with Crippen molar-refractivity contribution in [1.29, 1.82) is 0 Å². The topological polar surface area (TPSA) is 46.0 Å². The lowest BCUT2D eigenvalue weighted by molar-refractivity contribution is 0.382. The van der Waals surface area contributed by atoms with Gasteiger partial charge >= 0.3 is 5.76 Å². The van der Waals surface area contributed by atoms with Gasteiger partial charge in [-0.3, -0.25) is 4.98 Å². The minimum absolute atomic E-state index is 0.0456. The van der Waals surface area contributed by atoms with Crippen LogP contribution in [0.1, 0.15) is 123 Å². The number of aromatic amines is 1.